The Balaban J connectivity index is 2.59. The van der Waals surface area contributed by atoms with Crippen molar-refractivity contribution in [2.24, 2.45) is 0 Å². The van der Waals surface area contributed by atoms with Crippen molar-refractivity contribution in [1.29, 1.82) is 0 Å². The molecule has 0 saturated heterocycles. The molecule has 2 rings (SSSR count). The Hall–Kier alpha value is -1.13. The van der Waals surface area contributed by atoms with Gasteiger partial charge in [-0.3, -0.25) is 0 Å². The van der Waals surface area contributed by atoms with Crippen molar-refractivity contribution < 1.29 is 13.5 Å². The lowest BCUT2D eigenvalue weighted by Gasteiger charge is -2.18. The van der Waals surface area contributed by atoms with E-state index in [1.54, 1.807) is 32.9 Å². The van der Waals surface area contributed by atoms with Crippen molar-refractivity contribution in [3.63, 3.8) is 0 Å². The first kappa shape index (κ1) is 12.3. The van der Waals surface area contributed by atoms with Crippen LogP contribution in [0.1, 0.15) is 31.4 Å². The Kier molecular flexibility index (Phi) is 2.67. The van der Waals surface area contributed by atoms with Gasteiger partial charge in [-0.15, -0.1) is 0 Å². The fourth-order valence-electron chi connectivity index (χ4n) is 2.20. The topological polar surface area (TPSA) is 54.4 Å². The van der Waals surface area contributed by atoms with E-state index in [0.29, 0.717) is 16.9 Å². The van der Waals surface area contributed by atoms with Crippen molar-refractivity contribution in [2.45, 2.75) is 37.7 Å². The molecule has 0 aromatic heterocycles. The van der Waals surface area contributed by atoms with Crippen molar-refractivity contribution in [2.75, 3.05) is 0 Å². The van der Waals surface area contributed by atoms with E-state index in [1.807, 2.05) is 6.07 Å². The molecule has 0 spiro atoms. The zero-order chi connectivity index (χ0) is 12.8. The first-order chi connectivity index (χ1) is 7.71. The maximum absolute atomic E-state index is 12.0. The summed E-state index contributed by atoms with van der Waals surface area (Å²) >= 11 is 0. The second kappa shape index (κ2) is 3.68. The van der Waals surface area contributed by atoms with Crippen LogP contribution in [0.2, 0.25) is 0 Å². The zero-order valence-electron chi connectivity index (χ0n) is 10.2. The van der Waals surface area contributed by atoms with Crippen molar-refractivity contribution in [1.82, 2.24) is 0 Å². The molecule has 0 atom stereocenters. The molecule has 0 aliphatic carbocycles. The van der Waals surface area contributed by atoms with Gasteiger partial charge >= 0.3 is 0 Å². The number of aliphatic hydroxyl groups is 1. The largest absolute Gasteiger partial charge is 0.390 e. The first-order valence-corrected chi connectivity index (χ1v) is 7.03. The van der Waals surface area contributed by atoms with Crippen LogP contribution in [-0.2, 0) is 9.84 Å². The van der Waals surface area contributed by atoms with Gasteiger partial charge in [-0.2, -0.15) is 0 Å². The van der Waals surface area contributed by atoms with E-state index in [4.69, 9.17) is 0 Å². The minimum atomic E-state index is -3.33. The summed E-state index contributed by atoms with van der Waals surface area (Å²) in [6.45, 7) is 5.14. The maximum Gasteiger partial charge on any atom is 0.200 e. The molecule has 1 aliphatic heterocycles. The van der Waals surface area contributed by atoms with Gasteiger partial charge < -0.3 is 5.11 Å². The standard InChI is InChI=1S/C13H16O3S/c1-9-5-4-6-11-10(7-13(2,3)14)8-17(15,16)12(9)11/h4-6,8,14H,7H2,1-3H3. The Morgan fingerprint density at radius 2 is 1.94 bits per heavy atom. The van der Waals surface area contributed by atoms with Crippen LogP contribution in [0.4, 0.5) is 0 Å². The van der Waals surface area contributed by atoms with E-state index in [-0.39, 0.29) is 0 Å². The molecule has 0 bridgehead atoms. The normalized spacial score (nSPS) is 17.8. The van der Waals surface area contributed by atoms with Crippen LogP contribution in [0, 0.1) is 6.92 Å². The average molecular weight is 252 g/mol. The third-order valence-corrected chi connectivity index (χ3v) is 4.47. The summed E-state index contributed by atoms with van der Waals surface area (Å²) in [5.74, 6) is 0. The summed E-state index contributed by atoms with van der Waals surface area (Å²) in [6, 6.07) is 5.43. The molecule has 0 fully saturated rings. The van der Waals surface area contributed by atoms with E-state index >= 15 is 0 Å². The average Bonchev–Trinajstić information content (AvgIpc) is 2.36. The maximum atomic E-state index is 12.0. The first-order valence-electron chi connectivity index (χ1n) is 5.49. The lowest BCUT2D eigenvalue weighted by molar-refractivity contribution is 0.0864. The third kappa shape index (κ3) is 2.28. The molecular formula is C13H16O3S. The van der Waals surface area contributed by atoms with Gasteiger partial charge in [-0.25, -0.2) is 8.42 Å². The van der Waals surface area contributed by atoms with Gasteiger partial charge in [0.2, 0.25) is 9.84 Å². The van der Waals surface area contributed by atoms with Crippen LogP contribution in [0.15, 0.2) is 28.5 Å². The number of benzene rings is 1. The Bertz CT molecular complexity index is 590. The fraction of sp³-hybridized carbons (Fsp3) is 0.385. The van der Waals surface area contributed by atoms with Gasteiger partial charge in [0.05, 0.1) is 10.5 Å². The van der Waals surface area contributed by atoms with Crippen LogP contribution in [0.3, 0.4) is 0 Å². The van der Waals surface area contributed by atoms with E-state index in [9.17, 15) is 13.5 Å². The summed E-state index contributed by atoms with van der Waals surface area (Å²) in [5, 5.41) is 11.1. The zero-order valence-corrected chi connectivity index (χ0v) is 11.0. The van der Waals surface area contributed by atoms with Gasteiger partial charge in [0.15, 0.2) is 0 Å². The number of hydrogen-bond acceptors (Lipinski definition) is 3. The van der Waals surface area contributed by atoms with Crippen molar-refractivity contribution in [3.8, 4) is 0 Å². The molecule has 4 heteroatoms. The minimum absolute atomic E-state index is 0.336. The molecule has 1 aromatic carbocycles. The van der Waals surface area contributed by atoms with Gasteiger partial charge in [0, 0.05) is 11.8 Å². The van der Waals surface area contributed by atoms with Crippen LogP contribution in [0.25, 0.3) is 5.57 Å². The third-order valence-electron chi connectivity index (χ3n) is 2.76. The highest BCUT2D eigenvalue weighted by Gasteiger charge is 2.30. The fourth-order valence-corrected chi connectivity index (χ4v) is 3.92. The number of fused-ring (bicyclic) bond motifs is 1. The van der Waals surface area contributed by atoms with Crippen LogP contribution < -0.4 is 0 Å². The molecule has 92 valence electrons. The van der Waals surface area contributed by atoms with Crippen LogP contribution in [0.5, 0.6) is 0 Å². The number of sulfone groups is 1. The second-order valence-corrected chi connectivity index (χ2v) is 6.86. The quantitative estimate of drug-likeness (QED) is 0.878. The van der Waals surface area contributed by atoms with Gasteiger partial charge in [-0.1, -0.05) is 18.2 Å². The highest BCUT2D eigenvalue weighted by Crippen LogP contribution is 2.39. The van der Waals surface area contributed by atoms with E-state index in [0.717, 1.165) is 11.1 Å². The number of aryl methyl sites for hydroxylation is 1. The smallest absolute Gasteiger partial charge is 0.200 e. The summed E-state index contributed by atoms with van der Waals surface area (Å²) in [5.41, 5.74) is 1.26. The molecular weight excluding hydrogens is 236 g/mol. The Morgan fingerprint density at radius 1 is 1.29 bits per heavy atom. The van der Waals surface area contributed by atoms with Gasteiger partial charge in [0.1, 0.15) is 0 Å². The van der Waals surface area contributed by atoms with Crippen molar-refractivity contribution >= 4 is 15.4 Å². The highest BCUT2D eigenvalue weighted by atomic mass is 32.2. The molecule has 0 unspecified atom stereocenters. The number of hydrogen-bond donors (Lipinski definition) is 1. The molecule has 1 aliphatic rings. The molecule has 1 N–H and O–H groups in total. The predicted molar refractivity (Wildman–Crippen MR) is 67.3 cm³/mol. The van der Waals surface area contributed by atoms with Crippen LogP contribution >= 0.6 is 0 Å². The lowest BCUT2D eigenvalue weighted by atomic mass is 9.94. The molecule has 1 aromatic rings. The highest BCUT2D eigenvalue weighted by molar-refractivity contribution is 7.95. The molecule has 0 amide bonds. The van der Waals surface area contributed by atoms with Crippen molar-refractivity contribution in [3.05, 3.63) is 34.7 Å². The van der Waals surface area contributed by atoms with Gasteiger partial charge in [0.25, 0.3) is 0 Å². The number of rotatable bonds is 2. The summed E-state index contributed by atoms with van der Waals surface area (Å²) in [4.78, 5) is 0.388. The second-order valence-electron chi connectivity index (χ2n) is 5.13. The SMILES string of the molecule is Cc1cccc2c1S(=O)(=O)C=C2CC(C)(C)O. The molecule has 1 heterocycles. The minimum Gasteiger partial charge on any atom is -0.390 e. The Labute approximate surface area is 102 Å². The molecule has 0 radical (unpaired) electrons. The van der Waals surface area contributed by atoms with Crippen LogP contribution in [-0.4, -0.2) is 19.1 Å². The molecule has 0 saturated carbocycles. The predicted octanol–water partition coefficient (Wildman–Crippen LogP) is 2.28. The van der Waals surface area contributed by atoms with E-state index in [2.05, 4.69) is 0 Å². The molecule has 17 heavy (non-hydrogen) atoms. The summed E-state index contributed by atoms with van der Waals surface area (Å²) in [7, 11) is -3.33. The summed E-state index contributed by atoms with van der Waals surface area (Å²) < 4.78 is 24.0. The Morgan fingerprint density at radius 3 is 2.53 bits per heavy atom. The monoisotopic (exact) mass is 252 g/mol. The lowest BCUT2D eigenvalue weighted by Crippen LogP contribution is -2.18. The summed E-state index contributed by atoms with van der Waals surface area (Å²) in [6.07, 6.45) is 0.336. The van der Waals surface area contributed by atoms with Gasteiger partial charge in [-0.05, 0) is 37.5 Å². The van der Waals surface area contributed by atoms with E-state index < -0.39 is 15.4 Å². The van der Waals surface area contributed by atoms with E-state index in [1.165, 1.54) is 5.41 Å². The molecule has 3 nitrogen and oxygen atoms in total.